The first-order chi connectivity index (χ1) is 9.79. The molecule has 1 atom stereocenters. The highest BCUT2D eigenvalue weighted by molar-refractivity contribution is 5.98. The second kappa shape index (κ2) is 5.93. The molecule has 0 radical (unpaired) electrons. The van der Waals surface area contributed by atoms with Crippen molar-refractivity contribution in [3.05, 3.63) is 35.1 Å². The molecule has 1 aliphatic rings. The van der Waals surface area contributed by atoms with Gasteiger partial charge in [-0.1, -0.05) is 6.07 Å². The van der Waals surface area contributed by atoms with Crippen LogP contribution in [0.3, 0.4) is 0 Å². The summed E-state index contributed by atoms with van der Waals surface area (Å²) >= 11 is 0. The van der Waals surface area contributed by atoms with Crippen LogP contribution in [0.15, 0.2) is 18.2 Å². The third-order valence-electron chi connectivity index (χ3n) is 3.54. The number of benzene rings is 1. The van der Waals surface area contributed by atoms with Crippen LogP contribution < -0.4 is 5.32 Å². The Hall–Kier alpha value is -1.75. The molecule has 2 rings (SSSR count). The van der Waals surface area contributed by atoms with Crippen LogP contribution in [0.25, 0.3) is 0 Å². The first kappa shape index (κ1) is 15.6. The van der Waals surface area contributed by atoms with E-state index >= 15 is 0 Å². The lowest BCUT2D eigenvalue weighted by Gasteiger charge is -2.16. The molecule has 1 aromatic carbocycles. The van der Waals surface area contributed by atoms with Gasteiger partial charge < -0.3 is 10.1 Å². The normalized spacial score (nSPS) is 18.6. The third-order valence-corrected chi connectivity index (χ3v) is 3.54. The van der Waals surface area contributed by atoms with Gasteiger partial charge in [0.1, 0.15) is 5.82 Å². The molecule has 0 bridgehead atoms. The fourth-order valence-corrected chi connectivity index (χ4v) is 2.18. The Morgan fingerprint density at radius 3 is 2.57 bits per heavy atom. The molecule has 0 spiro atoms. The van der Waals surface area contributed by atoms with Gasteiger partial charge in [0.2, 0.25) is 0 Å². The van der Waals surface area contributed by atoms with Crippen molar-refractivity contribution in [2.45, 2.75) is 33.1 Å². The fourth-order valence-electron chi connectivity index (χ4n) is 2.18. The summed E-state index contributed by atoms with van der Waals surface area (Å²) < 4.78 is 18.8. The predicted molar refractivity (Wildman–Crippen MR) is 76.5 cm³/mol. The first-order valence-corrected chi connectivity index (χ1v) is 7.06. The lowest BCUT2D eigenvalue weighted by Crippen LogP contribution is -2.26. The maximum absolute atomic E-state index is 14.1. The van der Waals surface area contributed by atoms with Crippen molar-refractivity contribution in [3.63, 3.8) is 0 Å². The number of carbonyl (C=O) groups excluding carboxylic acids is 2. The van der Waals surface area contributed by atoms with Crippen molar-refractivity contribution in [3.8, 4) is 0 Å². The van der Waals surface area contributed by atoms with Gasteiger partial charge in [-0.25, -0.2) is 9.18 Å². The number of rotatable bonds is 2. The average molecular weight is 293 g/mol. The van der Waals surface area contributed by atoms with Crippen LogP contribution >= 0.6 is 0 Å². The van der Waals surface area contributed by atoms with Gasteiger partial charge in [0, 0.05) is 6.54 Å². The molecular weight excluding hydrogens is 273 g/mol. The van der Waals surface area contributed by atoms with Crippen LogP contribution in [0, 0.1) is 11.2 Å². The van der Waals surface area contributed by atoms with Gasteiger partial charge in [-0.05, 0) is 57.4 Å². The van der Waals surface area contributed by atoms with Gasteiger partial charge in [0.05, 0.1) is 11.0 Å². The number of hydrogen-bond acceptors (Lipinski definition) is 4. The van der Waals surface area contributed by atoms with Crippen LogP contribution in [-0.2, 0) is 9.53 Å². The van der Waals surface area contributed by atoms with E-state index in [0.717, 1.165) is 25.1 Å². The molecule has 1 saturated heterocycles. The Morgan fingerprint density at radius 1 is 1.33 bits per heavy atom. The van der Waals surface area contributed by atoms with Gasteiger partial charge in [-0.15, -0.1) is 0 Å². The summed E-state index contributed by atoms with van der Waals surface area (Å²) in [6.45, 7) is 6.63. The van der Waals surface area contributed by atoms with Crippen LogP contribution in [-0.4, -0.2) is 25.0 Å². The summed E-state index contributed by atoms with van der Waals surface area (Å²) in [5, 5.41) is 3.21. The molecule has 0 amide bonds. The first-order valence-electron chi connectivity index (χ1n) is 7.06. The molecule has 21 heavy (non-hydrogen) atoms. The molecule has 1 aromatic rings. The summed E-state index contributed by atoms with van der Waals surface area (Å²) in [4.78, 5) is 23.5. The van der Waals surface area contributed by atoms with Crippen molar-refractivity contribution < 1.29 is 18.7 Å². The van der Waals surface area contributed by atoms with Crippen molar-refractivity contribution in [1.29, 1.82) is 0 Å². The van der Waals surface area contributed by atoms with Gasteiger partial charge in [0.15, 0.2) is 0 Å². The Morgan fingerprint density at radius 2 is 2.05 bits per heavy atom. The molecule has 0 aromatic heterocycles. The fraction of sp³-hybridized carbons (Fsp3) is 0.500. The molecule has 1 aliphatic heterocycles. The highest BCUT2D eigenvalue weighted by atomic mass is 19.1. The molecule has 5 heteroatoms. The van der Waals surface area contributed by atoms with E-state index in [1.54, 1.807) is 26.8 Å². The van der Waals surface area contributed by atoms with Crippen molar-refractivity contribution in [2.75, 3.05) is 13.1 Å². The maximum Gasteiger partial charge on any atom is 0.348 e. The van der Waals surface area contributed by atoms with E-state index in [1.165, 1.54) is 12.1 Å². The SMILES string of the molecule is CC(C)(C)C(=O)OC(=O)c1ccc(C2CCNC2)cc1F. The zero-order chi connectivity index (χ0) is 15.6. The standard InChI is InChI=1S/C16H20FNO3/c1-16(2,3)15(20)21-14(19)12-5-4-10(8-13(12)17)11-6-7-18-9-11/h4-5,8,11,18H,6-7,9H2,1-3H3. The number of nitrogens with one attached hydrogen (secondary N) is 1. The Balaban J connectivity index is 2.13. The maximum atomic E-state index is 14.1. The van der Waals surface area contributed by atoms with Crippen molar-refractivity contribution in [2.24, 2.45) is 5.41 Å². The molecule has 1 heterocycles. The quantitative estimate of drug-likeness (QED) is 0.673. The summed E-state index contributed by atoms with van der Waals surface area (Å²) in [7, 11) is 0. The number of esters is 2. The Kier molecular flexibility index (Phi) is 4.42. The van der Waals surface area contributed by atoms with Crippen molar-refractivity contribution in [1.82, 2.24) is 5.32 Å². The smallest absolute Gasteiger partial charge is 0.348 e. The van der Waals surface area contributed by atoms with Crippen LogP contribution in [0.1, 0.15) is 49.0 Å². The topological polar surface area (TPSA) is 55.4 Å². The van der Waals surface area contributed by atoms with Crippen LogP contribution in [0.5, 0.6) is 0 Å². The van der Waals surface area contributed by atoms with E-state index in [4.69, 9.17) is 4.74 Å². The number of hydrogen-bond donors (Lipinski definition) is 1. The molecule has 1 unspecified atom stereocenters. The van der Waals surface area contributed by atoms with E-state index in [9.17, 15) is 14.0 Å². The van der Waals surface area contributed by atoms with E-state index in [0.29, 0.717) is 0 Å². The number of ether oxygens (including phenoxy) is 1. The van der Waals surface area contributed by atoms with Crippen LogP contribution in [0.2, 0.25) is 0 Å². The number of halogens is 1. The second-order valence-electron chi connectivity index (χ2n) is 6.36. The van der Waals surface area contributed by atoms with Gasteiger partial charge in [0.25, 0.3) is 0 Å². The second-order valence-corrected chi connectivity index (χ2v) is 6.36. The van der Waals surface area contributed by atoms with Gasteiger partial charge in [-0.2, -0.15) is 0 Å². The molecular formula is C16H20FNO3. The lowest BCUT2D eigenvalue weighted by atomic mass is 9.96. The Labute approximate surface area is 123 Å². The minimum absolute atomic E-state index is 0.206. The van der Waals surface area contributed by atoms with E-state index < -0.39 is 23.2 Å². The highest BCUT2D eigenvalue weighted by Crippen LogP contribution is 2.25. The lowest BCUT2D eigenvalue weighted by molar-refractivity contribution is -0.146. The van der Waals surface area contributed by atoms with E-state index in [2.05, 4.69) is 5.32 Å². The van der Waals surface area contributed by atoms with Crippen LogP contribution in [0.4, 0.5) is 4.39 Å². The van der Waals surface area contributed by atoms with Gasteiger partial charge >= 0.3 is 11.9 Å². The largest absolute Gasteiger partial charge is 0.389 e. The summed E-state index contributed by atoms with van der Waals surface area (Å²) in [5.74, 6) is -1.99. The van der Waals surface area contributed by atoms with Gasteiger partial charge in [-0.3, -0.25) is 4.79 Å². The zero-order valence-corrected chi connectivity index (χ0v) is 12.5. The monoisotopic (exact) mass is 293 g/mol. The number of carbonyl (C=O) groups is 2. The molecule has 1 N–H and O–H groups in total. The van der Waals surface area contributed by atoms with E-state index in [-0.39, 0.29) is 11.5 Å². The minimum Gasteiger partial charge on any atom is -0.389 e. The molecule has 4 nitrogen and oxygen atoms in total. The van der Waals surface area contributed by atoms with E-state index in [1.807, 2.05) is 0 Å². The zero-order valence-electron chi connectivity index (χ0n) is 12.5. The summed E-state index contributed by atoms with van der Waals surface area (Å²) in [5.41, 5.74) is -0.153. The average Bonchev–Trinajstić information content (AvgIpc) is 2.90. The minimum atomic E-state index is -0.941. The molecule has 0 aliphatic carbocycles. The molecule has 114 valence electrons. The summed E-state index contributed by atoms with van der Waals surface area (Å²) in [6.07, 6.45) is 0.950. The molecule has 0 saturated carbocycles. The highest BCUT2D eigenvalue weighted by Gasteiger charge is 2.27. The predicted octanol–water partition coefficient (Wildman–Crippen LogP) is 2.63. The Bertz CT molecular complexity index is 557. The molecule has 1 fully saturated rings. The van der Waals surface area contributed by atoms with Crippen molar-refractivity contribution >= 4 is 11.9 Å². The summed E-state index contributed by atoms with van der Waals surface area (Å²) in [6, 6.07) is 4.47. The third kappa shape index (κ3) is 3.67.